The molecule has 3 aromatic rings. The van der Waals surface area contributed by atoms with Crippen LogP contribution in [0.2, 0.25) is 0 Å². The van der Waals surface area contributed by atoms with Crippen LogP contribution >= 0.6 is 27.3 Å². The van der Waals surface area contributed by atoms with E-state index < -0.39 is 19.1 Å². The molecule has 3 fully saturated rings. The molecular weight excluding hydrogens is 880 g/mol. The Morgan fingerprint density at radius 1 is 0.678 bits per heavy atom. The third kappa shape index (κ3) is 14.8. The van der Waals surface area contributed by atoms with Crippen molar-refractivity contribution in [3.8, 4) is 23.8 Å². The predicted octanol–water partition coefficient (Wildman–Crippen LogP) is 14.2. The van der Waals surface area contributed by atoms with Crippen molar-refractivity contribution in [1.29, 1.82) is 0 Å². The van der Waals surface area contributed by atoms with E-state index in [0.717, 1.165) is 15.4 Å². The van der Waals surface area contributed by atoms with Gasteiger partial charge >= 0.3 is 109 Å². The first-order chi connectivity index (χ1) is 28.1. The molecule has 3 saturated carbocycles. The van der Waals surface area contributed by atoms with Gasteiger partial charge in [0.2, 0.25) is 0 Å². The average molecular weight is 956 g/mol. The van der Waals surface area contributed by atoms with Crippen molar-refractivity contribution in [3.05, 3.63) is 100 Å². The molecule has 0 heterocycles. The molecular formula is C51H76Cl2O4PRu+. The first-order valence-corrected chi connectivity index (χ1v) is 29.2. The zero-order valence-electron chi connectivity index (χ0n) is 37.6. The Morgan fingerprint density at radius 2 is 1.14 bits per heavy atom. The molecule has 4 nitrogen and oxygen atoms in total. The summed E-state index contributed by atoms with van der Waals surface area (Å²) in [5.74, 6) is 4.05. The summed E-state index contributed by atoms with van der Waals surface area (Å²) in [5.41, 5.74) is 9.33. The van der Waals surface area contributed by atoms with Crippen molar-refractivity contribution in [2.24, 2.45) is 0 Å². The minimum absolute atomic E-state index is 0. The van der Waals surface area contributed by atoms with E-state index in [0.29, 0.717) is 16.9 Å². The zero-order chi connectivity index (χ0) is 42.7. The third-order valence-electron chi connectivity index (χ3n) is 12.0. The van der Waals surface area contributed by atoms with Crippen LogP contribution in [0.5, 0.6) is 11.5 Å². The molecule has 0 spiro atoms. The molecule has 4 aliphatic carbocycles. The molecule has 8 heteroatoms. The second-order valence-corrected chi connectivity index (χ2v) is 24.9. The molecule has 1 atom stereocenters. The summed E-state index contributed by atoms with van der Waals surface area (Å²) < 4.78 is 11.6. The van der Waals surface area contributed by atoms with Crippen LogP contribution in [0, 0.1) is 26.2 Å². The number of rotatable bonds is 7. The van der Waals surface area contributed by atoms with Gasteiger partial charge in [-0.1, -0.05) is 89.3 Å². The smallest absolute Gasteiger partial charge is 0.412 e. The maximum absolute atomic E-state index is 10.8. The SMILES string of the molecule is C#CC(O)(c1ccccc1)c1cc(C)cc(OC)c1.C1CCC([PH+](C2CCCCC2)C2CCCCC2)CC1.CC.CC.COc1cc(C)c2c(c1)C(C)=C[C]2=[Ru]([Cl])[Cl].O. The summed E-state index contributed by atoms with van der Waals surface area (Å²) in [6, 6.07) is 18.8. The van der Waals surface area contributed by atoms with Crippen molar-refractivity contribution < 1.29 is 33.6 Å². The van der Waals surface area contributed by atoms with Gasteiger partial charge in [0.05, 0.1) is 24.1 Å². The number of aryl methyl sites for hydroxylation is 2. The van der Waals surface area contributed by atoms with E-state index in [1.807, 2.05) is 89.2 Å². The molecule has 59 heavy (non-hydrogen) atoms. The van der Waals surface area contributed by atoms with E-state index in [1.165, 1.54) is 39.2 Å². The van der Waals surface area contributed by atoms with Crippen molar-refractivity contribution in [2.75, 3.05) is 14.2 Å². The Kier molecular flexibility index (Phi) is 25.1. The van der Waals surface area contributed by atoms with Gasteiger partial charge in [0, 0.05) is 19.0 Å². The van der Waals surface area contributed by atoms with Crippen LogP contribution < -0.4 is 9.47 Å². The van der Waals surface area contributed by atoms with Gasteiger partial charge in [-0.05, 0) is 102 Å². The number of allylic oxidation sites excluding steroid dienone is 2. The summed E-state index contributed by atoms with van der Waals surface area (Å²) in [7, 11) is 15.5. The van der Waals surface area contributed by atoms with Gasteiger partial charge in [-0.3, -0.25) is 0 Å². The van der Waals surface area contributed by atoms with Crippen molar-refractivity contribution in [1.82, 2.24) is 0 Å². The Bertz CT molecular complexity index is 1740. The molecule has 0 amide bonds. The van der Waals surface area contributed by atoms with Gasteiger partial charge in [-0.25, -0.2) is 0 Å². The summed E-state index contributed by atoms with van der Waals surface area (Å²) in [6.45, 7) is 14.1. The van der Waals surface area contributed by atoms with Gasteiger partial charge in [0.15, 0.2) is 5.60 Å². The number of aliphatic hydroxyl groups is 1. The van der Waals surface area contributed by atoms with Crippen molar-refractivity contribution in [2.45, 2.75) is 167 Å². The molecule has 0 saturated heterocycles. The quantitative estimate of drug-likeness (QED) is 0.146. The van der Waals surface area contributed by atoms with Crippen LogP contribution in [-0.4, -0.2) is 45.9 Å². The average Bonchev–Trinajstić information content (AvgIpc) is 3.63. The first kappa shape index (κ1) is 53.1. The number of hydrogen-bond acceptors (Lipinski definition) is 3. The van der Waals surface area contributed by atoms with E-state index >= 15 is 0 Å². The second-order valence-electron chi connectivity index (χ2n) is 15.7. The molecule has 0 bridgehead atoms. The van der Waals surface area contributed by atoms with Crippen LogP contribution in [0.15, 0.2) is 66.7 Å². The second kappa shape index (κ2) is 27.8. The van der Waals surface area contributed by atoms with E-state index in [9.17, 15) is 5.11 Å². The molecule has 330 valence electrons. The normalized spacial score (nSPS) is 17.8. The van der Waals surface area contributed by atoms with Crippen LogP contribution in [0.3, 0.4) is 0 Å². The van der Waals surface area contributed by atoms with Crippen LogP contribution in [-0.2, 0) is 19.1 Å². The zero-order valence-corrected chi connectivity index (χ0v) is 41.9. The standard InChI is InChI=1S/C18H33P.C17H16O2.C12H12O.2C2H6.2ClH.H2O.Ru/c1-4-10-16(11-5-1)19(17-12-6-2-7-13-17)18-14-8-3-9-15-18;1-4-17(18,14-8-6-5-7-9-14)15-10-13(2)11-16(12-15)19-3;1-8-4-5-11-9(2)6-10(13-3)7-12(8)11;2*1-2;;;;/h16-18H,1-15H2;1,5-12,18H,2-3H3;4,6-7H,1-3H3;2*1-2H3;2*1H;1H2;/q;;;;;;;;+2/p-1. The maximum Gasteiger partial charge on any atom is -0.412 e. The Morgan fingerprint density at radius 3 is 1.56 bits per heavy atom. The number of halogens is 2. The van der Waals surface area contributed by atoms with Gasteiger partial charge in [0.1, 0.15) is 5.75 Å². The molecule has 1 unspecified atom stereocenters. The molecule has 3 aromatic carbocycles. The maximum atomic E-state index is 10.8. The van der Waals surface area contributed by atoms with E-state index in [1.54, 1.807) is 117 Å². The molecule has 0 radical (unpaired) electrons. The topological polar surface area (TPSA) is 70.2 Å². The number of ether oxygens (including phenoxy) is 2. The summed E-state index contributed by atoms with van der Waals surface area (Å²) in [4.78, 5) is 0. The number of fused-ring (bicyclic) bond motifs is 1. The van der Waals surface area contributed by atoms with Crippen LogP contribution in [0.25, 0.3) is 5.57 Å². The van der Waals surface area contributed by atoms with Crippen molar-refractivity contribution in [3.63, 3.8) is 0 Å². The van der Waals surface area contributed by atoms with E-state index in [2.05, 4.69) is 25.8 Å². The van der Waals surface area contributed by atoms with Crippen LogP contribution in [0.4, 0.5) is 0 Å². The molecule has 4 aliphatic rings. The van der Waals surface area contributed by atoms with Crippen molar-refractivity contribution >= 4 is 37.0 Å². The predicted molar refractivity (Wildman–Crippen MR) is 258 cm³/mol. The Labute approximate surface area is 373 Å². The molecule has 0 aromatic heterocycles. The monoisotopic (exact) mass is 955 g/mol. The summed E-state index contributed by atoms with van der Waals surface area (Å²) >= 11 is -1.85. The van der Waals surface area contributed by atoms with Crippen LogP contribution in [0.1, 0.15) is 164 Å². The minimum atomic E-state index is -1.85. The molecule has 3 N–H and O–H groups in total. The van der Waals surface area contributed by atoms with Gasteiger partial charge < -0.3 is 15.3 Å². The summed E-state index contributed by atoms with van der Waals surface area (Å²) in [5, 5.41) is 10.8. The first-order valence-electron chi connectivity index (χ1n) is 22.1. The Hall–Kier alpha value is -2.02. The number of benzene rings is 3. The van der Waals surface area contributed by atoms with Gasteiger partial charge in [-0.15, -0.1) is 6.42 Å². The minimum Gasteiger partial charge on any atom is -0.412 e. The van der Waals surface area contributed by atoms with Gasteiger partial charge in [0.25, 0.3) is 0 Å². The largest absolute Gasteiger partial charge is 0.412 e. The third-order valence-corrected chi connectivity index (χ3v) is 19.7. The number of hydrogen-bond donors (Lipinski definition) is 1. The number of methoxy groups -OCH3 is 2. The number of terminal acetylenes is 1. The van der Waals surface area contributed by atoms with Gasteiger partial charge in [-0.2, -0.15) is 0 Å². The fourth-order valence-electron chi connectivity index (χ4n) is 9.33. The molecule has 7 rings (SSSR count). The fourth-order valence-corrected chi connectivity index (χ4v) is 17.3. The fraction of sp³-hybridized carbons (Fsp3) is 0.549. The van der Waals surface area contributed by atoms with E-state index in [4.69, 9.17) is 35.3 Å². The van der Waals surface area contributed by atoms with E-state index in [-0.39, 0.29) is 13.4 Å². The Balaban J connectivity index is 0.000000291. The molecule has 0 aliphatic heterocycles. The summed E-state index contributed by atoms with van der Waals surface area (Å²) in [6.07, 6.45) is 31.5.